The van der Waals surface area contributed by atoms with Gasteiger partial charge in [0.05, 0.1) is 5.52 Å². The van der Waals surface area contributed by atoms with Crippen LogP contribution in [0.2, 0.25) is 0 Å². The highest BCUT2D eigenvalue weighted by atomic mass is 16.5. The average Bonchev–Trinajstić information content (AvgIpc) is 2.67. The van der Waals surface area contributed by atoms with Crippen LogP contribution in [0.1, 0.15) is 17.2 Å². The van der Waals surface area contributed by atoms with Crippen molar-refractivity contribution in [3.05, 3.63) is 108 Å². The lowest BCUT2D eigenvalue weighted by atomic mass is 10.0. The number of ether oxygens (including phenoxy) is 1. The molecule has 4 rings (SSSR count). The molecule has 0 fully saturated rings. The van der Waals surface area contributed by atoms with Gasteiger partial charge in [0.1, 0.15) is 11.9 Å². The Morgan fingerprint density at radius 3 is 2.00 bits per heavy atom. The van der Waals surface area contributed by atoms with Gasteiger partial charge in [0.2, 0.25) is 0 Å². The quantitative estimate of drug-likeness (QED) is 0.503. The first-order valence-electron chi connectivity index (χ1n) is 8.01. The van der Waals surface area contributed by atoms with E-state index in [2.05, 4.69) is 35.3 Å². The van der Waals surface area contributed by atoms with Crippen molar-refractivity contribution in [1.29, 1.82) is 0 Å². The van der Waals surface area contributed by atoms with Gasteiger partial charge in [0, 0.05) is 11.6 Å². The van der Waals surface area contributed by atoms with Gasteiger partial charge in [-0.1, -0.05) is 66.7 Å². The molecular weight excluding hydrogens is 294 g/mol. The van der Waals surface area contributed by atoms with Crippen LogP contribution in [0.4, 0.5) is 0 Å². The minimum absolute atomic E-state index is 0.137. The summed E-state index contributed by atoms with van der Waals surface area (Å²) in [6.07, 6.45) is 1.67. The van der Waals surface area contributed by atoms with E-state index in [-0.39, 0.29) is 6.10 Å². The van der Waals surface area contributed by atoms with Crippen LogP contribution in [0.5, 0.6) is 5.75 Å². The molecule has 0 aliphatic rings. The molecule has 1 aromatic heterocycles. The second kappa shape index (κ2) is 6.55. The molecule has 116 valence electrons. The Hall–Kier alpha value is -3.13. The first kappa shape index (κ1) is 14.5. The number of benzene rings is 3. The van der Waals surface area contributed by atoms with Crippen LogP contribution in [0.25, 0.3) is 10.9 Å². The minimum Gasteiger partial charge on any atom is -0.481 e. The van der Waals surface area contributed by atoms with Crippen molar-refractivity contribution in [2.75, 3.05) is 0 Å². The molecule has 2 heteroatoms. The molecule has 0 spiro atoms. The summed E-state index contributed by atoms with van der Waals surface area (Å²) in [7, 11) is 0. The molecule has 0 bridgehead atoms. The molecule has 0 N–H and O–H groups in total. The van der Waals surface area contributed by atoms with Crippen molar-refractivity contribution in [3.8, 4) is 5.75 Å². The zero-order valence-corrected chi connectivity index (χ0v) is 13.2. The van der Waals surface area contributed by atoms with Gasteiger partial charge in [0.15, 0.2) is 0 Å². The number of nitrogens with zero attached hydrogens (tertiary/aromatic N) is 1. The lowest BCUT2D eigenvalue weighted by molar-refractivity contribution is 0.247. The van der Waals surface area contributed by atoms with Crippen LogP contribution in [-0.4, -0.2) is 4.98 Å². The van der Waals surface area contributed by atoms with E-state index in [9.17, 15) is 0 Å². The Labute approximate surface area is 141 Å². The van der Waals surface area contributed by atoms with Gasteiger partial charge in [0.25, 0.3) is 0 Å². The lowest BCUT2D eigenvalue weighted by Gasteiger charge is -2.20. The normalized spacial score (nSPS) is 10.9. The highest BCUT2D eigenvalue weighted by Crippen LogP contribution is 2.29. The van der Waals surface area contributed by atoms with E-state index in [1.54, 1.807) is 6.20 Å². The zero-order valence-electron chi connectivity index (χ0n) is 13.2. The monoisotopic (exact) mass is 311 g/mol. The predicted octanol–water partition coefficient (Wildman–Crippen LogP) is 5.40. The first-order valence-corrected chi connectivity index (χ1v) is 8.01. The van der Waals surface area contributed by atoms with E-state index in [1.165, 1.54) is 0 Å². The third-order valence-electron chi connectivity index (χ3n) is 4.03. The van der Waals surface area contributed by atoms with E-state index in [4.69, 9.17) is 4.74 Å². The third-order valence-corrected chi connectivity index (χ3v) is 4.03. The summed E-state index contributed by atoms with van der Waals surface area (Å²) in [6, 6.07) is 30.6. The summed E-state index contributed by atoms with van der Waals surface area (Å²) >= 11 is 0. The Bertz CT molecular complexity index is 896. The number of fused-ring (bicyclic) bond motifs is 1. The van der Waals surface area contributed by atoms with Gasteiger partial charge in [-0.15, -0.1) is 0 Å². The molecule has 2 nitrogen and oxygen atoms in total. The molecule has 4 aromatic rings. The maximum absolute atomic E-state index is 6.37. The maximum Gasteiger partial charge on any atom is 0.149 e. The largest absolute Gasteiger partial charge is 0.481 e. The summed E-state index contributed by atoms with van der Waals surface area (Å²) in [5.41, 5.74) is 3.24. The van der Waals surface area contributed by atoms with Crippen molar-refractivity contribution >= 4 is 10.9 Å². The van der Waals surface area contributed by atoms with Crippen LogP contribution in [0.15, 0.2) is 97.2 Å². The summed E-state index contributed by atoms with van der Waals surface area (Å²) < 4.78 is 6.37. The molecule has 0 saturated carbocycles. The predicted molar refractivity (Wildman–Crippen MR) is 97.1 cm³/mol. The second-order valence-electron chi connectivity index (χ2n) is 5.68. The fourth-order valence-electron chi connectivity index (χ4n) is 2.85. The Morgan fingerprint density at radius 2 is 1.33 bits per heavy atom. The lowest BCUT2D eigenvalue weighted by Crippen LogP contribution is -2.09. The molecule has 0 aliphatic carbocycles. The van der Waals surface area contributed by atoms with Gasteiger partial charge in [-0.2, -0.15) is 0 Å². The van der Waals surface area contributed by atoms with E-state index >= 15 is 0 Å². The third kappa shape index (κ3) is 2.99. The minimum atomic E-state index is -0.137. The number of pyridine rings is 1. The Kier molecular flexibility index (Phi) is 3.95. The van der Waals surface area contributed by atoms with E-state index in [1.807, 2.05) is 60.7 Å². The molecule has 1 heterocycles. The molecule has 0 radical (unpaired) electrons. The van der Waals surface area contributed by atoms with E-state index in [0.29, 0.717) is 0 Å². The topological polar surface area (TPSA) is 22.1 Å². The average molecular weight is 311 g/mol. The van der Waals surface area contributed by atoms with Crippen molar-refractivity contribution in [1.82, 2.24) is 4.98 Å². The molecule has 0 saturated heterocycles. The molecular formula is C22H17NO. The van der Waals surface area contributed by atoms with Crippen LogP contribution in [-0.2, 0) is 0 Å². The van der Waals surface area contributed by atoms with E-state index in [0.717, 1.165) is 27.8 Å². The number of hydrogen-bond donors (Lipinski definition) is 0. The summed E-state index contributed by atoms with van der Waals surface area (Å²) in [5, 5.41) is 1.08. The van der Waals surface area contributed by atoms with Crippen molar-refractivity contribution in [2.45, 2.75) is 6.10 Å². The molecule has 24 heavy (non-hydrogen) atoms. The molecule has 0 unspecified atom stereocenters. The van der Waals surface area contributed by atoms with Crippen molar-refractivity contribution < 1.29 is 4.74 Å². The van der Waals surface area contributed by atoms with Crippen LogP contribution in [0.3, 0.4) is 0 Å². The van der Waals surface area contributed by atoms with Crippen LogP contribution < -0.4 is 4.74 Å². The fourth-order valence-corrected chi connectivity index (χ4v) is 2.85. The summed E-state index contributed by atoms with van der Waals surface area (Å²) in [5.74, 6) is 0.841. The highest BCUT2D eigenvalue weighted by Gasteiger charge is 2.15. The van der Waals surface area contributed by atoms with Gasteiger partial charge >= 0.3 is 0 Å². The van der Waals surface area contributed by atoms with Crippen molar-refractivity contribution in [2.24, 2.45) is 0 Å². The Morgan fingerprint density at radius 1 is 0.667 bits per heavy atom. The van der Waals surface area contributed by atoms with E-state index < -0.39 is 0 Å². The molecule has 0 atom stereocenters. The van der Waals surface area contributed by atoms with Gasteiger partial charge < -0.3 is 4.74 Å². The second-order valence-corrected chi connectivity index (χ2v) is 5.68. The number of rotatable bonds is 4. The standard InChI is InChI=1S/C22H17NO/c1-3-8-17(9-4-1)22(18-10-5-2-6-11-18)24-20-13-14-21-19(16-20)12-7-15-23-21/h1-16,22H. The van der Waals surface area contributed by atoms with Gasteiger partial charge in [-0.05, 0) is 35.4 Å². The summed E-state index contributed by atoms with van der Waals surface area (Å²) in [4.78, 5) is 4.36. The zero-order chi connectivity index (χ0) is 16.2. The molecule has 0 amide bonds. The SMILES string of the molecule is c1ccc(C(Oc2ccc3ncccc3c2)c2ccccc2)cc1. The van der Waals surface area contributed by atoms with Gasteiger partial charge in [-0.25, -0.2) is 0 Å². The van der Waals surface area contributed by atoms with Crippen LogP contribution >= 0.6 is 0 Å². The fraction of sp³-hybridized carbons (Fsp3) is 0.0455. The maximum atomic E-state index is 6.37. The summed E-state index contributed by atoms with van der Waals surface area (Å²) in [6.45, 7) is 0. The number of aromatic nitrogens is 1. The van der Waals surface area contributed by atoms with Crippen molar-refractivity contribution in [3.63, 3.8) is 0 Å². The Balaban J connectivity index is 1.73. The number of hydrogen-bond acceptors (Lipinski definition) is 2. The smallest absolute Gasteiger partial charge is 0.149 e. The molecule has 0 aliphatic heterocycles. The highest BCUT2D eigenvalue weighted by molar-refractivity contribution is 5.79. The van der Waals surface area contributed by atoms with Crippen LogP contribution in [0, 0.1) is 0 Å². The van der Waals surface area contributed by atoms with Gasteiger partial charge in [-0.3, -0.25) is 4.98 Å². The first-order chi connectivity index (χ1) is 11.9. The molecule has 3 aromatic carbocycles.